The number of likely N-dealkylation sites (tertiary alicyclic amines) is 1. The van der Waals surface area contributed by atoms with Gasteiger partial charge in [-0.25, -0.2) is 4.98 Å². The second kappa shape index (κ2) is 6.04. The van der Waals surface area contributed by atoms with Crippen LogP contribution in [0.2, 0.25) is 0 Å². The van der Waals surface area contributed by atoms with Gasteiger partial charge in [0.1, 0.15) is 11.9 Å². The molecule has 1 saturated heterocycles. The highest BCUT2D eigenvalue weighted by molar-refractivity contribution is 5.81. The number of rotatable bonds is 5. The molecule has 1 N–H and O–H groups in total. The van der Waals surface area contributed by atoms with E-state index in [2.05, 4.69) is 4.98 Å². The lowest BCUT2D eigenvalue weighted by Gasteiger charge is -2.38. The molecule has 1 aliphatic rings. The third kappa shape index (κ3) is 2.67. The van der Waals surface area contributed by atoms with Crippen molar-refractivity contribution in [1.29, 1.82) is 0 Å². The van der Waals surface area contributed by atoms with Gasteiger partial charge in [-0.2, -0.15) is 0 Å². The molecule has 2 atom stereocenters. The fourth-order valence-corrected chi connectivity index (χ4v) is 2.65. The number of piperidine rings is 1. The number of methoxy groups -OCH3 is 1. The Balaban J connectivity index is 2.36. The van der Waals surface area contributed by atoms with E-state index in [0.717, 1.165) is 0 Å². The number of hydrogen-bond donors (Lipinski definition) is 1. The summed E-state index contributed by atoms with van der Waals surface area (Å²) < 4.78 is 6.78. The summed E-state index contributed by atoms with van der Waals surface area (Å²) in [6, 6.07) is -0.538. The van der Waals surface area contributed by atoms with Gasteiger partial charge in [0.15, 0.2) is 0 Å². The van der Waals surface area contributed by atoms with Gasteiger partial charge in [0.25, 0.3) is 0 Å². The summed E-state index contributed by atoms with van der Waals surface area (Å²) in [6.45, 7) is 0.746. The van der Waals surface area contributed by atoms with E-state index in [1.807, 2.05) is 0 Å². The van der Waals surface area contributed by atoms with Crippen LogP contribution < -0.4 is 0 Å². The molecular formula is C13H19N3O4. The molecule has 110 valence electrons. The van der Waals surface area contributed by atoms with Crippen LogP contribution in [0.4, 0.5) is 0 Å². The molecule has 1 fully saturated rings. The molecule has 7 nitrogen and oxygen atoms in total. The van der Waals surface area contributed by atoms with E-state index in [9.17, 15) is 14.7 Å². The van der Waals surface area contributed by atoms with Gasteiger partial charge >= 0.3 is 5.97 Å². The van der Waals surface area contributed by atoms with Gasteiger partial charge in [0, 0.05) is 39.5 Å². The molecule has 1 aromatic heterocycles. The average molecular weight is 281 g/mol. The minimum Gasteiger partial charge on any atom is -0.481 e. The summed E-state index contributed by atoms with van der Waals surface area (Å²) in [5, 5.41) is 9.42. The molecule has 2 rings (SSSR count). The maximum Gasteiger partial charge on any atom is 0.309 e. The van der Waals surface area contributed by atoms with Gasteiger partial charge in [-0.1, -0.05) is 0 Å². The molecule has 1 aromatic rings. The Hall–Kier alpha value is -1.89. The largest absolute Gasteiger partial charge is 0.481 e. The number of aromatic nitrogens is 2. The van der Waals surface area contributed by atoms with E-state index in [1.165, 1.54) is 0 Å². The zero-order valence-electron chi connectivity index (χ0n) is 11.7. The molecule has 0 aromatic carbocycles. The van der Waals surface area contributed by atoms with Crippen LogP contribution in [0.3, 0.4) is 0 Å². The van der Waals surface area contributed by atoms with Crippen LogP contribution in [-0.2, 0) is 21.4 Å². The van der Waals surface area contributed by atoms with Gasteiger partial charge in [0.05, 0.1) is 12.5 Å². The first-order valence-corrected chi connectivity index (χ1v) is 6.54. The van der Waals surface area contributed by atoms with Gasteiger partial charge in [-0.05, 0) is 6.42 Å². The Morgan fingerprint density at radius 1 is 1.60 bits per heavy atom. The highest BCUT2D eigenvalue weighted by atomic mass is 16.5. The maximum atomic E-state index is 12.1. The van der Waals surface area contributed by atoms with Crippen molar-refractivity contribution in [3.05, 3.63) is 18.2 Å². The topological polar surface area (TPSA) is 84.7 Å². The van der Waals surface area contributed by atoms with E-state index in [4.69, 9.17) is 4.74 Å². The third-order valence-electron chi connectivity index (χ3n) is 3.68. The van der Waals surface area contributed by atoms with E-state index >= 15 is 0 Å². The highest BCUT2D eigenvalue weighted by Gasteiger charge is 2.42. The first-order chi connectivity index (χ1) is 9.56. The van der Waals surface area contributed by atoms with E-state index < -0.39 is 17.9 Å². The van der Waals surface area contributed by atoms with E-state index in [1.54, 1.807) is 36.0 Å². The second-order valence-corrected chi connectivity index (χ2v) is 4.90. The summed E-state index contributed by atoms with van der Waals surface area (Å²) in [4.78, 5) is 29.4. The van der Waals surface area contributed by atoms with Crippen molar-refractivity contribution >= 4 is 11.9 Å². The summed E-state index contributed by atoms with van der Waals surface area (Å²) in [5.74, 6) is -0.979. The van der Waals surface area contributed by atoms with Crippen LogP contribution in [0.15, 0.2) is 12.4 Å². The van der Waals surface area contributed by atoms with Gasteiger partial charge in [-0.15, -0.1) is 0 Å². The van der Waals surface area contributed by atoms with Crippen molar-refractivity contribution < 1.29 is 19.4 Å². The third-order valence-corrected chi connectivity index (χ3v) is 3.68. The molecule has 0 radical (unpaired) electrons. The number of hydrogen-bond acceptors (Lipinski definition) is 4. The van der Waals surface area contributed by atoms with Crippen LogP contribution in [-0.4, -0.2) is 51.7 Å². The van der Waals surface area contributed by atoms with Crippen LogP contribution in [0.5, 0.6) is 0 Å². The quantitative estimate of drug-likeness (QED) is 0.846. The molecule has 2 heterocycles. The molecule has 0 spiro atoms. The number of carbonyl (C=O) groups excluding carboxylic acids is 1. The van der Waals surface area contributed by atoms with Crippen LogP contribution in [0, 0.1) is 5.92 Å². The minimum atomic E-state index is -0.895. The smallest absolute Gasteiger partial charge is 0.309 e. The normalized spacial score (nSPS) is 23.1. The molecule has 0 saturated carbocycles. The molecule has 7 heteroatoms. The number of carboxylic acid groups (broad SMARTS) is 1. The summed E-state index contributed by atoms with van der Waals surface area (Å²) in [7, 11) is 3.35. The molecule has 1 amide bonds. The predicted molar refractivity (Wildman–Crippen MR) is 69.9 cm³/mol. The van der Waals surface area contributed by atoms with Crippen molar-refractivity contribution in [1.82, 2.24) is 14.5 Å². The second-order valence-electron chi connectivity index (χ2n) is 4.90. The Morgan fingerprint density at radius 3 is 2.90 bits per heavy atom. The number of carboxylic acids is 1. The lowest BCUT2D eigenvalue weighted by Crippen LogP contribution is -2.47. The SMILES string of the molecule is COCCN1C(=O)CC[C@H](C(=O)O)[C@H]1c1nccn1C. The Morgan fingerprint density at radius 2 is 2.35 bits per heavy atom. The molecule has 0 aliphatic carbocycles. The van der Waals surface area contributed by atoms with Gasteiger partial charge in [0.2, 0.25) is 5.91 Å². The Kier molecular flexibility index (Phi) is 4.39. The maximum absolute atomic E-state index is 12.1. The van der Waals surface area contributed by atoms with Crippen LogP contribution in [0.1, 0.15) is 24.7 Å². The fraction of sp³-hybridized carbons (Fsp3) is 0.615. The van der Waals surface area contributed by atoms with Crippen LogP contribution >= 0.6 is 0 Å². The lowest BCUT2D eigenvalue weighted by atomic mass is 9.88. The molecule has 20 heavy (non-hydrogen) atoms. The van der Waals surface area contributed by atoms with Crippen molar-refractivity contribution in [2.45, 2.75) is 18.9 Å². The molecule has 0 bridgehead atoms. The van der Waals surface area contributed by atoms with E-state index in [0.29, 0.717) is 25.4 Å². The minimum absolute atomic E-state index is 0.0486. The zero-order valence-corrected chi connectivity index (χ0v) is 11.7. The summed E-state index contributed by atoms with van der Waals surface area (Å²) in [6.07, 6.45) is 3.96. The lowest BCUT2D eigenvalue weighted by molar-refractivity contribution is -0.153. The summed E-state index contributed by atoms with van der Waals surface area (Å²) in [5.41, 5.74) is 0. The molecule has 1 aliphatic heterocycles. The van der Waals surface area contributed by atoms with Gasteiger partial charge in [-0.3, -0.25) is 9.59 Å². The molecule has 0 unspecified atom stereocenters. The van der Waals surface area contributed by atoms with Gasteiger partial charge < -0.3 is 19.3 Å². The monoisotopic (exact) mass is 281 g/mol. The number of carbonyl (C=O) groups is 2. The van der Waals surface area contributed by atoms with E-state index in [-0.39, 0.29) is 12.3 Å². The fourth-order valence-electron chi connectivity index (χ4n) is 2.65. The summed E-state index contributed by atoms with van der Waals surface area (Å²) >= 11 is 0. The number of nitrogens with zero attached hydrogens (tertiary/aromatic N) is 3. The predicted octanol–water partition coefficient (Wildman–Crippen LogP) is 0.431. The highest BCUT2D eigenvalue weighted by Crippen LogP contribution is 2.35. The van der Waals surface area contributed by atoms with Crippen molar-refractivity contribution in [3.8, 4) is 0 Å². The Bertz CT molecular complexity index is 500. The van der Waals surface area contributed by atoms with Crippen LogP contribution in [0.25, 0.3) is 0 Å². The number of aryl methyl sites for hydroxylation is 1. The first-order valence-electron chi connectivity index (χ1n) is 6.54. The average Bonchev–Trinajstić information content (AvgIpc) is 2.82. The molecular weight excluding hydrogens is 262 g/mol. The number of imidazole rings is 1. The van der Waals surface area contributed by atoms with Crippen molar-refractivity contribution in [3.63, 3.8) is 0 Å². The number of amides is 1. The Labute approximate surface area is 117 Å². The van der Waals surface area contributed by atoms with Crippen molar-refractivity contribution in [2.75, 3.05) is 20.3 Å². The number of ether oxygens (including phenoxy) is 1. The first kappa shape index (κ1) is 14.5. The number of aliphatic carboxylic acids is 1. The van der Waals surface area contributed by atoms with Crippen molar-refractivity contribution in [2.24, 2.45) is 13.0 Å². The standard InChI is InChI=1S/C13H19N3O4/c1-15-6-5-14-12(15)11-9(13(18)19)3-4-10(17)16(11)7-8-20-2/h5-6,9,11H,3-4,7-8H2,1-2H3,(H,18,19)/t9-,11-/m0/s1. The zero-order chi connectivity index (χ0) is 14.7.